The summed E-state index contributed by atoms with van der Waals surface area (Å²) in [4.78, 5) is 0. The third-order valence-electron chi connectivity index (χ3n) is 8.32. The van der Waals surface area contributed by atoms with Gasteiger partial charge in [-0.05, 0) is 91.3 Å². The van der Waals surface area contributed by atoms with Gasteiger partial charge in [0.25, 0.3) is 0 Å². The van der Waals surface area contributed by atoms with Gasteiger partial charge in [-0.3, -0.25) is 0 Å². The summed E-state index contributed by atoms with van der Waals surface area (Å²) < 4.78 is 5.71. The SMILES string of the molecule is C=CC1=C(C)c2ccccc2C/C1=C\C=C(\C)C=C.Cc1ccc(-c2ccccc2)cc1.Cc1ccc2oc3ccccc3c2c1. The van der Waals surface area contributed by atoms with Crippen molar-refractivity contribution in [3.8, 4) is 11.1 Å². The fourth-order valence-corrected chi connectivity index (χ4v) is 5.68. The molecule has 0 unspecified atom stereocenters. The third-order valence-corrected chi connectivity index (χ3v) is 8.32. The molecule has 0 fully saturated rings. The lowest BCUT2D eigenvalue weighted by Gasteiger charge is -2.22. The van der Waals surface area contributed by atoms with Crippen LogP contribution in [-0.4, -0.2) is 0 Å². The molecule has 1 aliphatic rings. The van der Waals surface area contributed by atoms with Crippen LogP contribution >= 0.6 is 0 Å². The molecule has 0 bridgehead atoms. The van der Waals surface area contributed by atoms with Crippen LogP contribution in [0.2, 0.25) is 0 Å². The molecule has 1 heterocycles. The summed E-state index contributed by atoms with van der Waals surface area (Å²) in [6.07, 6.45) is 9.11. The molecule has 1 heteroatoms. The molecule has 5 aromatic carbocycles. The average Bonchev–Trinajstić information content (AvgIpc) is 3.46. The van der Waals surface area contributed by atoms with Gasteiger partial charge in [0.2, 0.25) is 0 Å². The molecule has 0 atom stereocenters. The van der Waals surface area contributed by atoms with E-state index in [4.69, 9.17) is 4.42 Å². The van der Waals surface area contributed by atoms with Crippen molar-refractivity contribution < 1.29 is 4.42 Å². The summed E-state index contributed by atoms with van der Waals surface area (Å²) in [5, 5.41) is 2.41. The van der Waals surface area contributed by atoms with Gasteiger partial charge in [0.05, 0.1) is 0 Å². The normalized spacial score (nSPS) is 13.4. The minimum atomic E-state index is 0.966. The van der Waals surface area contributed by atoms with E-state index in [1.165, 1.54) is 66.4 Å². The van der Waals surface area contributed by atoms with Gasteiger partial charge in [-0.2, -0.15) is 0 Å². The molecule has 7 rings (SSSR count). The Morgan fingerprint density at radius 3 is 2.02 bits per heavy atom. The van der Waals surface area contributed by atoms with E-state index >= 15 is 0 Å². The Labute approximate surface area is 274 Å². The summed E-state index contributed by atoms with van der Waals surface area (Å²) in [6, 6.07) is 42.0. The highest BCUT2D eigenvalue weighted by Gasteiger charge is 2.17. The maximum atomic E-state index is 5.71. The van der Waals surface area contributed by atoms with Gasteiger partial charge in [0.1, 0.15) is 11.2 Å². The maximum absolute atomic E-state index is 5.71. The minimum Gasteiger partial charge on any atom is -0.456 e. The van der Waals surface area contributed by atoms with Crippen LogP contribution in [0, 0.1) is 13.8 Å². The lowest BCUT2D eigenvalue weighted by Crippen LogP contribution is -2.05. The van der Waals surface area contributed by atoms with Crippen molar-refractivity contribution in [2.75, 3.05) is 0 Å². The zero-order valence-electron chi connectivity index (χ0n) is 27.4. The summed E-state index contributed by atoms with van der Waals surface area (Å²) in [5.41, 5.74) is 14.9. The van der Waals surface area contributed by atoms with E-state index in [1.54, 1.807) is 0 Å². The molecule has 0 saturated heterocycles. The van der Waals surface area contributed by atoms with Crippen LogP contribution in [0.3, 0.4) is 0 Å². The molecular formula is C45H42O. The van der Waals surface area contributed by atoms with E-state index in [0.29, 0.717) is 0 Å². The van der Waals surface area contributed by atoms with Gasteiger partial charge in [0.15, 0.2) is 0 Å². The number of allylic oxidation sites excluding steroid dienone is 8. The van der Waals surface area contributed by atoms with Crippen LogP contribution in [0.15, 0.2) is 180 Å². The van der Waals surface area contributed by atoms with Gasteiger partial charge in [0, 0.05) is 10.8 Å². The first-order valence-electron chi connectivity index (χ1n) is 15.8. The van der Waals surface area contributed by atoms with Crippen molar-refractivity contribution >= 4 is 27.5 Å². The van der Waals surface area contributed by atoms with E-state index in [0.717, 1.165) is 17.6 Å². The van der Waals surface area contributed by atoms with Crippen molar-refractivity contribution in [2.24, 2.45) is 0 Å². The van der Waals surface area contributed by atoms with Gasteiger partial charge >= 0.3 is 0 Å². The van der Waals surface area contributed by atoms with E-state index in [9.17, 15) is 0 Å². The number of fused-ring (bicyclic) bond motifs is 4. The van der Waals surface area contributed by atoms with Crippen LogP contribution in [0.5, 0.6) is 0 Å². The molecule has 0 saturated carbocycles. The highest BCUT2D eigenvalue weighted by atomic mass is 16.3. The largest absolute Gasteiger partial charge is 0.456 e. The average molecular weight is 599 g/mol. The monoisotopic (exact) mass is 598 g/mol. The van der Waals surface area contributed by atoms with Crippen molar-refractivity contribution in [2.45, 2.75) is 34.1 Å². The zero-order valence-corrected chi connectivity index (χ0v) is 27.4. The molecule has 1 aliphatic carbocycles. The standard InChI is InChI=1S/C19H20.C13H10O.C13H12/c1-5-14(3)11-12-17-13-16-9-7-8-10-19(16)15(4)18(17)6-2;1-9-6-7-13-11(8-9)10-4-2-3-5-12(10)14-13;1-11-7-9-13(10-8-11)12-5-3-2-4-6-12/h5-12H,1-2,13H2,3-4H3;2-8H,1H3;2-10H,1H3/b14-11-,17-12+;;. The molecule has 6 aromatic rings. The van der Waals surface area contributed by atoms with Gasteiger partial charge < -0.3 is 4.42 Å². The number of furan rings is 1. The first kappa shape index (κ1) is 32.0. The predicted octanol–water partition coefficient (Wildman–Crippen LogP) is 12.8. The number of hydrogen-bond donors (Lipinski definition) is 0. The Morgan fingerprint density at radius 2 is 1.28 bits per heavy atom. The van der Waals surface area contributed by atoms with Crippen LogP contribution in [0.25, 0.3) is 38.6 Å². The second-order valence-electron chi connectivity index (χ2n) is 11.7. The first-order chi connectivity index (χ1) is 22.4. The number of benzene rings is 5. The summed E-state index contributed by atoms with van der Waals surface area (Å²) in [5.74, 6) is 0. The second kappa shape index (κ2) is 15.1. The van der Waals surface area contributed by atoms with Gasteiger partial charge in [-0.25, -0.2) is 0 Å². The second-order valence-corrected chi connectivity index (χ2v) is 11.7. The van der Waals surface area contributed by atoms with Crippen LogP contribution in [0.4, 0.5) is 0 Å². The molecule has 1 aromatic heterocycles. The number of aryl methyl sites for hydroxylation is 2. The molecule has 46 heavy (non-hydrogen) atoms. The summed E-state index contributed by atoms with van der Waals surface area (Å²) in [7, 11) is 0. The molecule has 228 valence electrons. The van der Waals surface area contributed by atoms with Crippen LogP contribution in [-0.2, 0) is 6.42 Å². The van der Waals surface area contributed by atoms with E-state index < -0.39 is 0 Å². The van der Waals surface area contributed by atoms with Crippen molar-refractivity contribution in [3.63, 3.8) is 0 Å². The minimum absolute atomic E-state index is 0.966. The van der Waals surface area contributed by atoms with Crippen LogP contribution in [0.1, 0.15) is 36.1 Å². The Balaban J connectivity index is 0.000000139. The lowest BCUT2D eigenvalue weighted by atomic mass is 9.82. The Hall–Kier alpha value is -5.40. The zero-order chi connectivity index (χ0) is 32.5. The molecule has 0 spiro atoms. The lowest BCUT2D eigenvalue weighted by molar-refractivity contribution is 0.669. The molecule has 0 amide bonds. The highest BCUT2D eigenvalue weighted by Crippen LogP contribution is 2.35. The van der Waals surface area contributed by atoms with E-state index in [2.05, 4.69) is 144 Å². The Bertz CT molecular complexity index is 2060. The fraction of sp³-hybridized carbons (Fsp3) is 0.111. The predicted molar refractivity (Wildman–Crippen MR) is 200 cm³/mol. The van der Waals surface area contributed by atoms with Crippen molar-refractivity contribution in [1.29, 1.82) is 0 Å². The maximum Gasteiger partial charge on any atom is 0.135 e. The quantitative estimate of drug-likeness (QED) is 0.184. The van der Waals surface area contributed by atoms with Gasteiger partial charge in [-0.1, -0.05) is 157 Å². The first-order valence-corrected chi connectivity index (χ1v) is 15.8. The number of rotatable bonds is 4. The smallest absolute Gasteiger partial charge is 0.135 e. The molecule has 0 N–H and O–H groups in total. The topological polar surface area (TPSA) is 13.1 Å². The molecule has 0 aliphatic heterocycles. The highest BCUT2D eigenvalue weighted by molar-refractivity contribution is 6.04. The summed E-state index contributed by atoms with van der Waals surface area (Å²) in [6.45, 7) is 16.2. The molecule has 0 radical (unpaired) electrons. The Morgan fingerprint density at radius 1 is 0.652 bits per heavy atom. The number of hydrogen-bond acceptors (Lipinski definition) is 1. The van der Waals surface area contributed by atoms with Gasteiger partial charge in [-0.15, -0.1) is 0 Å². The third kappa shape index (κ3) is 7.62. The van der Waals surface area contributed by atoms with Crippen molar-refractivity contribution in [1.82, 2.24) is 0 Å². The summed E-state index contributed by atoms with van der Waals surface area (Å²) >= 11 is 0. The Kier molecular flexibility index (Phi) is 10.5. The fourth-order valence-electron chi connectivity index (χ4n) is 5.68. The number of para-hydroxylation sites is 1. The molecular weight excluding hydrogens is 556 g/mol. The van der Waals surface area contributed by atoms with Crippen LogP contribution < -0.4 is 0 Å². The van der Waals surface area contributed by atoms with E-state index in [-0.39, 0.29) is 0 Å². The molecule has 1 nitrogen and oxygen atoms in total. The van der Waals surface area contributed by atoms with E-state index in [1.807, 2.05) is 42.5 Å². The van der Waals surface area contributed by atoms with Crippen molar-refractivity contribution in [3.05, 3.63) is 198 Å².